The van der Waals surface area contributed by atoms with Crippen LogP contribution < -0.4 is 15.0 Å². The van der Waals surface area contributed by atoms with E-state index in [1.807, 2.05) is 63.2 Å². The number of carbonyl (C=O) groups excluding carboxylic acids is 1. The highest BCUT2D eigenvalue weighted by atomic mass is 16.6. The van der Waals surface area contributed by atoms with Gasteiger partial charge in [0.15, 0.2) is 17.3 Å². The number of aromatic amines is 2. The molecule has 0 fully saturated rings. The number of nitrogens with zero attached hydrogens (tertiary/aromatic N) is 2. The van der Waals surface area contributed by atoms with E-state index in [4.69, 9.17) is 14.2 Å². The molecule has 0 aliphatic carbocycles. The van der Waals surface area contributed by atoms with Gasteiger partial charge in [-0.25, -0.2) is 14.8 Å². The van der Waals surface area contributed by atoms with Crippen LogP contribution in [-0.4, -0.2) is 45.2 Å². The summed E-state index contributed by atoms with van der Waals surface area (Å²) in [4.78, 5) is 38.9. The normalized spacial score (nSPS) is 12.0. The van der Waals surface area contributed by atoms with E-state index in [2.05, 4.69) is 19.9 Å². The van der Waals surface area contributed by atoms with Crippen LogP contribution in [0.2, 0.25) is 0 Å². The van der Waals surface area contributed by atoms with Gasteiger partial charge in [0.1, 0.15) is 17.3 Å². The number of imidazole rings is 1. The molecule has 182 valence electrons. The summed E-state index contributed by atoms with van der Waals surface area (Å²) in [6.07, 6.45) is 0.732. The Labute approximate surface area is 202 Å². The first-order valence-electron chi connectivity index (χ1n) is 11.6. The van der Waals surface area contributed by atoms with E-state index in [9.17, 15) is 9.59 Å². The van der Waals surface area contributed by atoms with Gasteiger partial charge >= 0.3 is 5.97 Å². The summed E-state index contributed by atoms with van der Waals surface area (Å²) < 4.78 is 17.1. The molecule has 35 heavy (non-hydrogen) atoms. The van der Waals surface area contributed by atoms with E-state index in [0.717, 1.165) is 11.1 Å². The summed E-state index contributed by atoms with van der Waals surface area (Å²) in [5.74, 6) is 1.07. The lowest BCUT2D eigenvalue weighted by atomic mass is 10.0. The van der Waals surface area contributed by atoms with E-state index in [1.165, 1.54) is 6.33 Å². The zero-order valence-corrected chi connectivity index (χ0v) is 20.1. The van der Waals surface area contributed by atoms with Crippen molar-refractivity contribution in [3.05, 3.63) is 59.1 Å². The van der Waals surface area contributed by atoms with Gasteiger partial charge in [-0.05, 0) is 49.2 Å². The van der Waals surface area contributed by atoms with Gasteiger partial charge in [-0.15, -0.1) is 0 Å². The first-order chi connectivity index (χ1) is 16.9. The number of aromatic nitrogens is 4. The summed E-state index contributed by atoms with van der Waals surface area (Å²) in [7, 11) is 0. The first-order valence-corrected chi connectivity index (χ1v) is 11.6. The summed E-state index contributed by atoms with van der Waals surface area (Å²) in [5.41, 5.74) is 2.75. The second kappa shape index (κ2) is 10.4. The van der Waals surface area contributed by atoms with Crippen LogP contribution in [0.1, 0.15) is 27.7 Å². The highest BCUT2D eigenvalue weighted by Crippen LogP contribution is 2.34. The van der Waals surface area contributed by atoms with Gasteiger partial charge in [0, 0.05) is 5.92 Å². The molecule has 0 aliphatic rings. The summed E-state index contributed by atoms with van der Waals surface area (Å²) >= 11 is 0. The molecule has 9 nitrogen and oxygen atoms in total. The van der Waals surface area contributed by atoms with Crippen LogP contribution in [-0.2, 0) is 9.53 Å². The number of benzene rings is 2. The Kier molecular flexibility index (Phi) is 7.14. The van der Waals surface area contributed by atoms with Crippen LogP contribution in [0.5, 0.6) is 11.5 Å². The number of fused-ring (bicyclic) bond motifs is 1. The smallest absolute Gasteiger partial charge is 0.347 e. The van der Waals surface area contributed by atoms with Crippen molar-refractivity contribution in [2.75, 3.05) is 13.2 Å². The molecule has 4 aromatic rings. The lowest BCUT2D eigenvalue weighted by Gasteiger charge is -2.21. The minimum absolute atomic E-state index is 0.0527. The highest BCUT2D eigenvalue weighted by Gasteiger charge is 2.25. The van der Waals surface area contributed by atoms with Crippen molar-refractivity contribution < 1.29 is 19.0 Å². The van der Waals surface area contributed by atoms with Gasteiger partial charge in [0.25, 0.3) is 5.56 Å². The Bertz CT molecular complexity index is 1390. The summed E-state index contributed by atoms with van der Waals surface area (Å²) in [5, 5.41) is 0. The molecule has 1 unspecified atom stereocenters. The Morgan fingerprint density at radius 2 is 1.86 bits per heavy atom. The largest absolute Gasteiger partial charge is 0.493 e. The lowest BCUT2D eigenvalue weighted by molar-refractivity contribution is -0.153. The molecule has 0 bridgehead atoms. The molecule has 4 rings (SSSR count). The van der Waals surface area contributed by atoms with E-state index >= 15 is 0 Å². The molecule has 0 radical (unpaired) electrons. The third kappa shape index (κ3) is 5.18. The molecular weight excluding hydrogens is 448 g/mol. The number of esters is 1. The fraction of sp³-hybridized carbons (Fsp3) is 0.308. The first kappa shape index (κ1) is 24.0. The fourth-order valence-corrected chi connectivity index (χ4v) is 3.72. The van der Waals surface area contributed by atoms with Gasteiger partial charge in [-0.3, -0.25) is 4.79 Å². The molecule has 9 heteroatoms. The topological polar surface area (TPSA) is 119 Å². The Balaban J connectivity index is 1.68. The van der Waals surface area contributed by atoms with Gasteiger partial charge in [0.05, 0.1) is 25.1 Å². The highest BCUT2D eigenvalue weighted by molar-refractivity contribution is 5.78. The molecule has 0 spiro atoms. The standard InChI is InChI=1S/C26H28N4O5/c1-5-33-20-13-17(10-11-19(20)23-29-24-21(25(31)30-23)27-14-28-24)16-8-7-9-18(12-16)35-22(15(3)4)26(32)34-6-2/h7-15,22H,5-6H2,1-4H3,(H2,27,28,29,30,31). The number of rotatable bonds is 9. The molecule has 1 atom stereocenters. The average Bonchev–Trinajstić information content (AvgIpc) is 3.32. The third-order valence-electron chi connectivity index (χ3n) is 5.39. The van der Waals surface area contributed by atoms with Crippen molar-refractivity contribution in [2.24, 2.45) is 5.92 Å². The third-order valence-corrected chi connectivity index (χ3v) is 5.39. The zero-order valence-electron chi connectivity index (χ0n) is 20.1. The van der Waals surface area contributed by atoms with Crippen molar-refractivity contribution in [1.29, 1.82) is 0 Å². The molecule has 0 saturated carbocycles. The molecule has 0 aliphatic heterocycles. The molecule has 2 N–H and O–H groups in total. The monoisotopic (exact) mass is 476 g/mol. The van der Waals surface area contributed by atoms with Crippen LogP contribution >= 0.6 is 0 Å². The van der Waals surface area contributed by atoms with E-state index in [-0.39, 0.29) is 17.4 Å². The van der Waals surface area contributed by atoms with Crippen LogP contribution in [0.25, 0.3) is 33.7 Å². The number of hydrogen-bond donors (Lipinski definition) is 2. The maximum atomic E-state index is 12.4. The second-order valence-electron chi connectivity index (χ2n) is 8.22. The van der Waals surface area contributed by atoms with E-state index < -0.39 is 6.10 Å². The van der Waals surface area contributed by atoms with Crippen LogP contribution in [0.15, 0.2) is 53.6 Å². The number of ether oxygens (including phenoxy) is 3. The Morgan fingerprint density at radius 3 is 2.60 bits per heavy atom. The second-order valence-corrected chi connectivity index (χ2v) is 8.22. The summed E-state index contributed by atoms with van der Waals surface area (Å²) in [6, 6.07) is 13.1. The maximum absolute atomic E-state index is 12.4. The van der Waals surface area contributed by atoms with Gasteiger partial charge in [-0.2, -0.15) is 0 Å². The molecule has 0 saturated heterocycles. The molecule has 2 aromatic carbocycles. The fourth-order valence-electron chi connectivity index (χ4n) is 3.72. The van der Waals surface area contributed by atoms with Crippen molar-refractivity contribution in [3.63, 3.8) is 0 Å². The maximum Gasteiger partial charge on any atom is 0.347 e. The summed E-state index contributed by atoms with van der Waals surface area (Å²) in [6.45, 7) is 8.22. The minimum atomic E-state index is -0.702. The average molecular weight is 477 g/mol. The van der Waals surface area contributed by atoms with E-state index in [0.29, 0.717) is 47.3 Å². The Morgan fingerprint density at radius 1 is 1.06 bits per heavy atom. The predicted octanol–water partition coefficient (Wildman–Crippen LogP) is 4.35. The number of nitrogens with one attached hydrogen (secondary N) is 2. The Hall–Kier alpha value is -4.14. The minimum Gasteiger partial charge on any atom is -0.493 e. The number of H-pyrrole nitrogens is 2. The molecule has 2 aromatic heterocycles. The number of carbonyl (C=O) groups is 1. The van der Waals surface area contributed by atoms with Crippen molar-refractivity contribution in [1.82, 2.24) is 19.9 Å². The molecule has 2 heterocycles. The van der Waals surface area contributed by atoms with Gasteiger partial charge in [-0.1, -0.05) is 32.0 Å². The SMILES string of the molecule is CCOC(=O)C(Oc1cccc(-c2ccc(-c3nc4nc[nH]c4c(=O)[nH]3)c(OCC)c2)c1)C(C)C. The zero-order chi connectivity index (χ0) is 24.9. The quantitative estimate of drug-likeness (QED) is 0.345. The van der Waals surface area contributed by atoms with Crippen LogP contribution in [0.3, 0.4) is 0 Å². The number of hydrogen-bond acceptors (Lipinski definition) is 7. The van der Waals surface area contributed by atoms with Gasteiger partial charge < -0.3 is 24.2 Å². The lowest BCUT2D eigenvalue weighted by Crippen LogP contribution is -2.34. The van der Waals surface area contributed by atoms with Crippen molar-refractivity contribution in [3.8, 4) is 34.0 Å². The van der Waals surface area contributed by atoms with Crippen LogP contribution in [0, 0.1) is 5.92 Å². The molecule has 0 amide bonds. The van der Waals surface area contributed by atoms with Crippen molar-refractivity contribution >= 4 is 17.1 Å². The van der Waals surface area contributed by atoms with E-state index in [1.54, 1.807) is 6.92 Å². The van der Waals surface area contributed by atoms with Crippen molar-refractivity contribution in [2.45, 2.75) is 33.8 Å². The van der Waals surface area contributed by atoms with Gasteiger partial charge in [0.2, 0.25) is 0 Å². The molecular formula is C26H28N4O5. The van der Waals surface area contributed by atoms with Crippen LogP contribution in [0.4, 0.5) is 0 Å². The predicted molar refractivity (Wildman–Crippen MR) is 132 cm³/mol.